The highest BCUT2D eigenvalue weighted by Crippen LogP contribution is 2.16. The van der Waals surface area contributed by atoms with E-state index < -0.39 is 0 Å². The normalized spacial score (nSPS) is 23.4. The molecular formula is C12H18ClN3O. The maximum absolute atomic E-state index is 5.85. The van der Waals surface area contributed by atoms with Crippen LogP contribution in [-0.2, 0) is 4.74 Å². The molecule has 1 aliphatic rings. The first-order valence-corrected chi connectivity index (χ1v) is 6.21. The van der Waals surface area contributed by atoms with Gasteiger partial charge in [-0.2, -0.15) is 0 Å². The number of nitrogens with zero attached hydrogens (tertiary/aromatic N) is 2. The van der Waals surface area contributed by atoms with E-state index in [-0.39, 0.29) is 12.1 Å². The molecule has 2 rings (SSSR count). The molecule has 1 aliphatic heterocycles. The van der Waals surface area contributed by atoms with Crippen LogP contribution >= 0.6 is 11.6 Å². The van der Waals surface area contributed by atoms with Crippen LogP contribution in [0.2, 0.25) is 5.15 Å². The smallest absolute Gasteiger partial charge is 0.131 e. The molecule has 0 aromatic carbocycles. The van der Waals surface area contributed by atoms with Gasteiger partial charge in [-0.15, -0.1) is 0 Å². The monoisotopic (exact) mass is 255 g/mol. The molecule has 4 nitrogen and oxygen atoms in total. The molecule has 0 radical (unpaired) electrons. The highest BCUT2D eigenvalue weighted by atomic mass is 35.5. The van der Waals surface area contributed by atoms with Crippen molar-refractivity contribution in [3.8, 4) is 0 Å². The van der Waals surface area contributed by atoms with E-state index >= 15 is 0 Å². The first-order chi connectivity index (χ1) is 8.15. The number of aromatic nitrogens is 1. The summed E-state index contributed by atoms with van der Waals surface area (Å²) < 4.78 is 5.76. The Balaban J connectivity index is 1.94. The van der Waals surface area contributed by atoms with Crippen LogP contribution in [0.3, 0.4) is 0 Å². The molecule has 0 amide bonds. The molecule has 0 saturated carbocycles. The van der Waals surface area contributed by atoms with Crippen molar-refractivity contribution in [1.82, 2.24) is 9.88 Å². The van der Waals surface area contributed by atoms with E-state index in [0.29, 0.717) is 5.15 Å². The lowest BCUT2D eigenvalue weighted by Gasteiger charge is -2.34. The van der Waals surface area contributed by atoms with Gasteiger partial charge < -0.3 is 15.0 Å². The minimum atomic E-state index is 0.209. The third-order valence-electron chi connectivity index (χ3n) is 2.98. The van der Waals surface area contributed by atoms with Crippen LogP contribution in [0.5, 0.6) is 0 Å². The van der Waals surface area contributed by atoms with Crippen molar-refractivity contribution in [1.29, 1.82) is 0 Å². The Morgan fingerprint density at radius 2 is 2.47 bits per heavy atom. The first-order valence-electron chi connectivity index (χ1n) is 5.83. The van der Waals surface area contributed by atoms with E-state index in [1.807, 2.05) is 12.1 Å². The highest BCUT2D eigenvalue weighted by molar-refractivity contribution is 6.29. The summed E-state index contributed by atoms with van der Waals surface area (Å²) in [5, 5.41) is 3.90. The van der Waals surface area contributed by atoms with E-state index in [1.165, 1.54) is 0 Å². The summed E-state index contributed by atoms with van der Waals surface area (Å²) >= 11 is 5.85. The van der Waals surface area contributed by atoms with Gasteiger partial charge in [-0.25, -0.2) is 4.98 Å². The lowest BCUT2D eigenvalue weighted by atomic mass is 10.1. The number of likely N-dealkylation sites (N-methyl/N-ethyl adjacent to an activating group) is 1. The van der Waals surface area contributed by atoms with E-state index in [4.69, 9.17) is 16.3 Å². The average molecular weight is 256 g/mol. The number of halogens is 1. The zero-order valence-electron chi connectivity index (χ0n) is 10.2. The maximum Gasteiger partial charge on any atom is 0.131 e. The molecule has 17 heavy (non-hydrogen) atoms. The summed E-state index contributed by atoms with van der Waals surface area (Å²) in [7, 11) is 2.12. The largest absolute Gasteiger partial charge is 0.380 e. The molecule has 1 saturated heterocycles. The van der Waals surface area contributed by atoms with E-state index in [1.54, 1.807) is 6.20 Å². The van der Waals surface area contributed by atoms with Gasteiger partial charge in [0.1, 0.15) is 5.15 Å². The Labute approximate surface area is 107 Å². The Hall–Kier alpha value is -0.840. The van der Waals surface area contributed by atoms with Crippen molar-refractivity contribution in [2.24, 2.45) is 0 Å². The SMILES string of the molecule is CC(Nc1ccnc(Cl)c1)C1CN(C)CCO1. The summed E-state index contributed by atoms with van der Waals surface area (Å²) in [6, 6.07) is 3.98. The molecule has 0 aliphatic carbocycles. The molecule has 2 unspecified atom stereocenters. The van der Waals surface area contributed by atoms with Crippen molar-refractivity contribution < 1.29 is 4.74 Å². The van der Waals surface area contributed by atoms with Crippen LogP contribution < -0.4 is 5.32 Å². The van der Waals surface area contributed by atoms with Gasteiger partial charge in [0.05, 0.1) is 18.8 Å². The summed E-state index contributed by atoms with van der Waals surface area (Å²) in [6.45, 7) is 4.87. The van der Waals surface area contributed by atoms with Crippen LogP contribution in [0.1, 0.15) is 6.92 Å². The Kier molecular flexibility index (Phi) is 4.20. The van der Waals surface area contributed by atoms with Gasteiger partial charge in [0.2, 0.25) is 0 Å². The van der Waals surface area contributed by atoms with Crippen molar-refractivity contribution >= 4 is 17.3 Å². The first kappa shape index (κ1) is 12.6. The Bertz CT molecular complexity index is 375. The molecule has 1 N–H and O–H groups in total. The molecule has 2 atom stereocenters. The van der Waals surface area contributed by atoms with E-state index in [2.05, 4.69) is 29.2 Å². The lowest BCUT2D eigenvalue weighted by molar-refractivity contribution is -0.0259. The van der Waals surface area contributed by atoms with E-state index in [9.17, 15) is 0 Å². The number of morpholine rings is 1. The minimum Gasteiger partial charge on any atom is -0.380 e. The van der Waals surface area contributed by atoms with Gasteiger partial charge in [0.25, 0.3) is 0 Å². The van der Waals surface area contributed by atoms with Crippen LogP contribution in [0.4, 0.5) is 5.69 Å². The predicted molar refractivity (Wildman–Crippen MR) is 69.6 cm³/mol. The maximum atomic E-state index is 5.85. The highest BCUT2D eigenvalue weighted by Gasteiger charge is 2.23. The second-order valence-electron chi connectivity index (χ2n) is 4.47. The zero-order valence-corrected chi connectivity index (χ0v) is 10.9. The summed E-state index contributed by atoms with van der Waals surface area (Å²) in [5.41, 5.74) is 0.981. The van der Waals surface area contributed by atoms with E-state index in [0.717, 1.165) is 25.4 Å². The van der Waals surface area contributed by atoms with Gasteiger partial charge in [0, 0.05) is 25.0 Å². The fourth-order valence-electron chi connectivity index (χ4n) is 1.96. The van der Waals surface area contributed by atoms with Gasteiger partial charge in [-0.3, -0.25) is 0 Å². The van der Waals surface area contributed by atoms with Crippen LogP contribution in [0.15, 0.2) is 18.3 Å². The molecule has 1 aromatic rings. The molecule has 5 heteroatoms. The molecule has 1 fully saturated rings. The average Bonchev–Trinajstić information content (AvgIpc) is 2.29. The van der Waals surface area contributed by atoms with Gasteiger partial charge in [-0.1, -0.05) is 11.6 Å². The van der Waals surface area contributed by atoms with Crippen molar-refractivity contribution in [3.05, 3.63) is 23.5 Å². The summed E-state index contributed by atoms with van der Waals surface area (Å²) in [6.07, 6.45) is 1.91. The van der Waals surface area contributed by atoms with Crippen molar-refractivity contribution in [2.75, 3.05) is 32.1 Å². The molecule has 0 spiro atoms. The van der Waals surface area contributed by atoms with Crippen LogP contribution in [0.25, 0.3) is 0 Å². The number of hydrogen-bond acceptors (Lipinski definition) is 4. The summed E-state index contributed by atoms with van der Waals surface area (Å²) in [4.78, 5) is 6.24. The molecule has 2 heterocycles. The molecular weight excluding hydrogens is 238 g/mol. The third-order valence-corrected chi connectivity index (χ3v) is 3.18. The number of nitrogens with one attached hydrogen (secondary N) is 1. The Morgan fingerprint density at radius 3 is 3.18 bits per heavy atom. The molecule has 0 bridgehead atoms. The quantitative estimate of drug-likeness (QED) is 0.837. The second-order valence-corrected chi connectivity index (χ2v) is 4.86. The van der Waals surface area contributed by atoms with Crippen molar-refractivity contribution in [3.63, 3.8) is 0 Å². The fourth-order valence-corrected chi connectivity index (χ4v) is 2.14. The number of pyridine rings is 1. The predicted octanol–water partition coefficient (Wildman–Crippen LogP) is 1.87. The van der Waals surface area contributed by atoms with Gasteiger partial charge in [0.15, 0.2) is 0 Å². The number of rotatable bonds is 3. The molecule has 1 aromatic heterocycles. The fraction of sp³-hybridized carbons (Fsp3) is 0.583. The van der Waals surface area contributed by atoms with Gasteiger partial charge >= 0.3 is 0 Å². The number of anilines is 1. The van der Waals surface area contributed by atoms with Crippen LogP contribution in [-0.4, -0.2) is 48.8 Å². The minimum absolute atomic E-state index is 0.209. The third kappa shape index (κ3) is 3.56. The standard InChI is InChI=1S/C12H18ClN3O/c1-9(11-8-16(2)5-6-17-11)15-10-3-4-14-12(13)7-10/h3-4,7,9,11H,5-6,8H2,1-2H3,(H,14,15). The topological polar surface area (TPSA) is 37.4 Å². The second kappa shape index (κ2) is 5.67. The summed E-state index contributed by atoms with van der Waals surface area (Å²) in [5.74, 6) is 0. The molecule has 94 valence electrons. The zero-order chi connectivity index (χ0) is 12.3. The van der Waals surface area contributed by atoms with Gasteiger partial charge in [-0.05, 0) is 26.1 Å². The van der Waals surface area contributed by atoms with Crippen molar-refractivity contribution in [2.45, 2.75) is 19.1 Å². The number of hydrogen-bond donors (Lipinski definition) is 1. The Morgan fingerprint density at radius 1 is 1.65 bits per heavy atom. The number of ether oxygens (including phenoxy) is 1. The van der Waals surface area contributed by atoms with Crippen LogP contribution in [0, 0.1) is 0 Å². The lowest BCUT2D eigenvalue weighted by Crippen LogP contribution is -2.47.